The molecule has 2 aromatic heterocycles. The summed E-state index contributed by atoms with van der Waals surface area (Å²) < 4.78 is 3.30. The Kier molecular flexibility index (Phi) is 7.39. The summed E-state index contributed by atoms with van der Waals surface area (Å²) >= 11 is 9.34. The van der Waals surface area contributed by atoms with Crippen molar-refractivity contribution < 1.29 is 4.79 Å². The van der Waals surface area contributed by atoms with E-state index in [-0.39, 0.29) is 18.0 Å². The zero-order chi connectivity index (χ0) is 25.9. The number of thiocarbonyl (C=S) groups is 1. The standard InChI is InChI=1S/C29H28BrN5OS/c1-19-18-24(20(2)35(19)23-13-11-21(30)12-14-23)28-27(25-10-6-7-16-31-25)33-29(37)34(28)17-15-26(36)32-22-8-4-3-5-9-22/h3-14,16,18,27-28H,15,17H2,1-2H3,(H,32,36)(H,33,37). The second kappa shape index (κ2) is 10.9. The van der Waals surface area contributed by atoms with Crippen LogP contribution in [0.25, 0.3) is 5.69 Å². The Morgan fingerprint density at radius 3 is 2.49 bits per heavy atom. The number of amides is 1. The Hall–Kier alpha value is -3.49. The fourth-order valence-corrected chi connectivity index (χ4v) is 5.62. The van der Waals surface area contributed by atoms with Crippen molar-refractivity contribution in [3.8, 4) is 5.69 Å². The molecule has 1 aliphatic rings. The monoisotopic (exact) mass is 573 g/mol. The molecular weight excluding hydrogens is 546 g/mol. The van der Waals surface area contributed by atoms with Gasteiger partial charge in [0.25, 0.3) is 0 Å². The van der Waals surface area contributed by atoms with E-state index in [9.17, 15) is 4.79 Å². The number of aryl methyl sites for hydroxylation is 1. The Balaban J connectivity index is 1.47. The summed E-state index contributed by atoms with van der Waals surface area (Å²) in [5, 5.41) is 7.10. The van der Waals surface area contributed by atoms with Crippen LogP contribution in [-0.4, -0.2) is 32.0 Å². The Morgan fingerprint density at radius 1 is 1.05 bits per heavy atom. The number of nitrogens with one attached hydrogen (secondary N) is 2. The summed E-state index contributed by atoms with van der Waals surface area (Å²) in [5.41, 5.74) is 6.23. The maximum atomic E-state index is 12.8. The number of hydrogen-bond acceptors (Lipinski definition) is 3. The van der Waals surface area contributed by atoms with E-state index in [2.05, 4.69) is 85.2 Å². The number of halogens is 1. The van der Waals surface area contributed by atoms with Gasteiger partial charge in [0.2, 0.25) is 5.91 Å². The summed E-state index contributed by atoms with van der Waals surface area (Å²) in [7, 11) is 0. The summed E-state index contributed by atoms with van der Waals surface area (Å²) in [6.45, 7) is 4.74. The van der Waals surface area contributed by atoms with Crippen molar-refractivity contribution in [2.45, 2.75) is 32.4 Å². The van der Waals surface area contributed by atoms with Crippen molar-refractivity contribution in [2.24, 2.45) is 0 Å². The average molecular weight is 575 g/mol. The van der Waals surface area contributed by atoms with E-state index in [1.165, 1.54) is 0 Å². The smallest absolute Gasteiger partial charge is 0.226 e. The van der Waals surface area contributed by atoms with E-state index in [0.717, 1.165) is 38.5 Å². The highest BCUT2D eigenvalue weighted by atomic mass is 79.9. The van der Waals surface area contributed by atoms with Crippen molar-refractivity contribution in [1.29, 1.82) is 0 Å². The Labute approximate surface area is 230 Å². The number of benzene rings is 2. The van der Waals surface area contributed by atoms with E-state index >= 15 is 0 Å². The van der Waals surface area contributed by atoms with Gasteiger partial charge in [-0.15, -0.1) is 0 Å². The maximum absolute atomic E-state index is 12.8. The zero-order valence-electron chi connectivity index (χ0n) is 20.7. The molecule has 2 unspecified atom stereocenters. The molecule has 2 N–H and O–H groups in total. The van der Waals surface area contributed by atoms with Gasteiger partial charge in [0, 0.05) is 46.4 Å². The van der Waals surface area contributed by atoms with Crippen LogP contribution in [0.2, 0.25) is 0 Å². The molecule has 0 aliphatic carbocycles. The van der Waals surface area contributed by atoms with Gasteiger partial charge in [0.05, 0.1) is 17.8 Å². The first kappa shape index (κ1) is 25.2. The molecule has 4 aromatic rings. The highest BCUT2D eigenvalue weighted by Gasteiger charge is 2.41. The van der Waals surface area contributed by atoms with Gasteiger partial charge in [-0.25, -0.2) is 0 Å². The lowest BCUT2D eigenvalue weighted by Crippen LogP contribution is -2.32. The van der Waals surface area contributed by atoms with Gasteiger partial charge >= 0.3 is 0 Å². The first-order chi connectivity index (χ1) is 17.9. The largest absolute Gasteiger partial charge is 0.352 e. The molecule has 3 heterocycles. The van der Waals surface area contributed by atoms with Crippen molar-refractivity contribution >= 4 is 44.9 Å². The molecule has 1 fully saturated rings. The number of para-hydroxylation sites is 1. The third-order valence-electron chi connectivity index (χ3n) is 6.71. The molecule has 1 aliphatic heterocycles. The number of aromatic nitrogens is 2. The van der Waals surface area contributed by atoms with Crippen LogP contribution in [0.4, 0.5) is 5.69 Å². The molecule has 1 saturated heterocycles. The van der Waals surface area contributed by atoms with Crippen molar-refractivity contribution in [1.82, 2.24) is 19.8 Å². The topological polar surface area (TPSA) is 62.2 Å². The summed E-state index contributed by atoms with van der Waals surface area (Å²) in [6.07, 6.45) is 2.12. The van der Waals surface area contributed by atoms with E-state index in [0.29, 0.717) is 18.1 Å². The molecule has 188 valence electrons. The average Bonchev–Trinajstić information content (AvgIpc) is 3.39. The second-order valence-corrected chi connectivity index (χ2v) is 10.4. The fourth-order valence-electron chi connectivity index (χ4n) is 5.03. The maximum Gasteiger partial charge on any atom is 0.226 e. The second-order valence-electron chi connectivity index (χ2n) is 9.12. The van der Waals surface area contributed by atoms with Crippen LogP contribution in [0.15, 0.2) is 89.5 Å². The van der Waals surface area contributed by atoms with Gasteiger partial charge in [-0.1, -0.05) is 40.2 Å². The van der Waals surface area contributed by atoms with Crippen LogP contribution in [0.3, 0.4) is 0 Å². The first-order valence-electron chi connectivity index (χ1n) is 12.2. The minimum Gasteiger partial charge on any atom is -0.352 e. The molecule has 2 atom stereocenters. The summed E-state index contributed by atoms with van der Waals surface area (Å²) in [5.74, 6) is -0.0469. The van der Waals surface area contributed by atoms with Gasteiger partial charge in [-0.05, 0) is 86.2 Å². The highest BCUT2D eigenvalue weighted by molar-refractivity contribution is 9.10. The Morgan fingerprint density at radius 2 is 1.78 bits per heavy atom. The lowest BCUT2D eigenvalue weighted by Gasteiger charge is -2.28. The third-order valence-corrected chi connectivity index (χ3v) is 7.59. The molecule has 6 nitrogen and oxygen atoms in total. The molecule has 8 heteroatoms. The van der Waals surface area contributed by atoms with Gasteiger partial charge < -0.3 is 20.1 Å². The molecule has 1 amide bonds. The molecule has 0 bridgehead atoms. The van der Waals surface area contributed by atoms with Crippen LogP contribution in [0, 0.1) is 13.8 Å². The molecule has 5 rings (SSSR count). The molecule has 0 radical (unpaired) electrons. The van der Waals surface area contributed by atoms with Gasteiger partial charge in [-0.3, -0.25) is 9.78 Å². The predicted molar refractivity (Wildman–Crippen MR) is 155 cm³/mol. The third kappa shape index (κ3) is 5.31. The SMILES string of the molecule is Cc1cc(C2C(c3ccccn3)NC(=S)N2CCC(=O)Nc2ccccc2)c(C)n1-c1ccc(Br)cc1. The molecule has 37 heavy (non-hydrogen) atoms. The van der Waals surface area contributed by atoms with Gasteiger partial charge in [-0.2, -0.15) is 0 Å². The number of nitrogens with zero attached hydrogens (tertiary/aromatic N) is 3. The first-order valence-corrected chi connectivity index (χ1v) is 13.4. The summed E-state index contributed by atoms with van der Waals surface area (Å²) in [6, 6.07) is 25.7. The quantitative estimate of drug-likeness (QED) is 0.256. The molecule has 0 spiro atoms. The Bertz CT molecular complexity index is 1410. The molecule has 0 saturated carbocycles. The van der Waals surface area contributed by atoms with E-state index < -0.39 is 0 Å². The van der Waals surface area contributed by atoms with Crippen LogP contribution >= 0.6 is 28.1 Å². The van der Waals surface area contributed by atoms with E-state index in [1.54, 1.807) is 6.20 Å². The van der Waals surface area contributed by atoms with Crippen molar-refractivity contribution in [2.75, 3.05) is 11.9 Å². The lowest BCUT2D eigenvalue weighted by atomic mass is 9.96. The minimum absolute atomic E-state index is 0.0469. The van der Waals surface area contributed by atoms with Gasteiger partial charge in [0.15, 0.2) is 5.11 Å². The predicted octanol–water partition coefficient (Wildman–Crippen LogP) is 6.25. The number of anilines is 1. The highest BCUT2D eigenvalue weighted by Crippen LogP contribution is 2.41. The van der Waals surface area contributed by atoms with Crippen molar-refractivity contribution in [3.63, 3.8) is 0 Å². The molecular formula is C29H28BrN5OS. The summed E-state index contributed by atoms with van der Waals surface area (Å²) in [4.78, 5) is 19.6. The number of carbonyl (C=O) groups is 1. The minimum atomic E-state index is -0.134. The fraction of sp³-hybridized carbons (Fsp3) is 0.207. The van der Waals surface area contributed by atoms with Crippen LogP contribution in [0.5, 0.6) is 0 Å². The van der Waals surface area contributed by atoms with Crippen molar-refractivity contribution in [3.05, 3.63) is 112 Å². The van der Waals surface area contributed by atoms with Crippen LogP contribution < -0.4 is 10.6 Å². The van der Waals surface area contributed by atoms with E-state index in [4.69, 9.17) is 12.2 Å². The number of pyridine rings is 1. The van der Waals surface area contributed by atoms with Crippen LogP contribution in [0.1, 0.15) is 41.1 Å². The van der Waals surface area contributed by atoms with E-state index in [1.807, 2.05) is 48.5 Å². The number of carbonyl (C=O) groups excluding carboxylic acids is 1. The zero-order valence-corrected chi connectivity index (χ0v) is 23.1. The molecule has 2 aromatic carbocycles. The number of hydrogen-bond donors (Lipinski definition) is 2. The lowest BCUT2D eigenvalue weighted by molar-refractivity contribution is -0.116. The number of rotatable bonds is 7. The van der Waals surface area contributed by atoms with Gasteiger partial charge in [0.1, 0.15) is 0 Å². The normalized spacial score (nSPS) is 17.1. The van der Waals surface area contributed by atoms with Crippen LogP contribution in [-0.2, 0) is 4.79 Å².